The van der Waals surface area contributed by atoms with Crippen LogP contribution >= 0.6 is 0 Å². The Kier molecular flexibility index (Phi) is 9.77. The molecule has 0 bridgehead atoms. The molecule has 0 unspecified atom stereocenters. The minimum absolute atomic E-state index is 0.0810. The van der Waals surface area contributed by atoms with Crippen LogP contribution in [0, 0.1) is 11.3 Å². The molecule has 0 saturated carbocycles. The molecule has 0 saturated heterocycles. The van der Waals surface area contributed by atoms with E-state index in [9.17, 15) is 19.2 Å². The SMILES string of the molecule is CC(C)[C@@H](C=O)NC(=O)[C@H](C)NC(=O)[C@@H](NC(=O)c1ccc(OCc2nccn2C)cc1)C(C)(C)C. The highest BCUT2D eigenvalue weighted by Crippen LogP contribution is 2.21. The smallest absolute Gasteiger partial charge is 0.251 e. The van der Waals surface area contributed by atoms with Crippen LogP contribution in [-0.4, -0.2) is 51.7 Å². The summed E-state index contributed by atoms with van der Waals surface area (Å²) >= 11 is 0. The van der Waals surface area contributed by atoms with E-state index >= 15 is 0 Å². The first kappa shape index (κ1) is 28.5. The lowest BCUT2D eigenvalue weighted by molar-refractivity contribution is -0.131. The molecule has 3 N–H and O–H groups in total. The number of aryl methyl sites for hydroxylation is 1. The van der Waals surface area contributed by atoms with Gasteiger partial charge in [-0.05, 0) is 42.5 Å². The first-order valence-corrected chi connectivity index (χ1v) is 11.9. The van der Waals surface area contributed by atoms with Crippen LogP contribution in [0.4, 0.5) is 0 Å². The number of hydrogen-bond acceptors (Lipinski definition) is 6. The zero-order chi connectivity index (χ0) is 27.0. The quantitative estimate of drug-likeness (QED) is 0.405. The van der Waals surface area contributed by atoms with Crippen molar-refractivity contribution in [3.63, 3.8) is 0 Å². The number of carbonyl (C=O) groups is 4. The second kappa shape index (κ2) is 12.3. The van der Waals surface area contributed by atoms with E-state index in [1.165, 1.54) is 6.92 Å². The van der Waals surface area contributed by atoms with Gasteiger partial charge in [0.1, 0.15) is 36.6 Å². The summed E-state index contributed by atoms with van der Waals surface area (Å²) in [6.07, 6.45) is 4.19. The first-order valence-electron chi connectivity index (χ1n) is 11.9. The summed E-state index contributed by atoms with van der Waals surface area (Å²) in [5.41, 5.74) is -0.275. The van der Waals surface area contributed by atoms with Crippen molar-refractivity contribution in [2.45, 2.75) is 66.3 Å². The van der Waals surface area contributed by atoms with Crippen molar-refractivity contribution < 1.29 is 23.9 Å². The molecule has 10 nitrogen and oxygen atoms in total. The minimum Gasteiger partial charge on any atom is -0.486 e. The third-order valence-corrected chi connectivity index (χ3v) is 5.73. The topological polar surface area (TPSA) is 131 Å². The van der Waals surface area contributed by atoms with Crippen molar-refractivity contribution in [1.82, 2.24) is 25.5 Å². The molecule has 0 radical (unpaired) electrons. The van der Waals surface area contributed by atoms with Gasteiger partial charge in [-0.15, -0.1) is 0 Å². The van der Waals surface area contributed by atoms with Crippen molar-refractivity contribution in [1.29, 1.82) is 0 Å². The van der Waals surface area contributed by atoms with Crippen molar-refractivity contribution in [3.05, 3.63) is 48.0 Å². The maximum absolute atomic E-state index is 13.0. The monoisotopic (exact) mass is 499 g/mol. The third-order valence-electron chi connectivity index (χ3n) is 5.73. The van der Waals surface area contributed by atoms with Gasteiger partial charge in [-0.1, -0.05) is 34.6 Å². The lowest BCUT2D eigenvalue weighted by atomic mass is 9.85. The fourth-order valence-corrected chi connectivity index (χ4v) is 3.29. The van der Waals surface area contributed by atoms with Gasteiger partial charge in [-0.2, -0.15) is 0 Å². The van der Waals surface area contributed by atoms with Gasteiger partial charge in [0.2, 0.25) is 11.8 Å². The fourth-order valence-electron chi connectivity index (χ4n) is 3.29. The van der Waals surface area contributed by atoms with E-state index in [0.717, 1.165) is 5.82 Å². The van der Waals surface area contributed by atoms with Crippen LogP contribution in [0.15, 0.2) is 36.7 Å². The van der Waals surface area contributed by atoms with E-state index in [4.69, 9.17) is 4.74 Å². The summed E-state index contributed by atoms with van der Waals surface area (Å²) in [5, 5.41) is 8.04. The van der Waals surface area contributed by atoms with Crippen LogP contribution in [0.1, 0.15) is 57.7 Å². The van der Waals surface area contributed by atoms with Crippen LogP contribution < -0.4 is 20.7 Å². The average molecular weight is 500 g/mol. The van der Waals surface area contributed by atoms with E-state index in [1.54, 1.807) is 30.5 Å². The molecule has 10 heteroatoms. The number of ether oxygens (including phenoxy) is 1. The second-order valence-corrected chi connectivity index (χ2v) is 10.2. The molecule has 0 fully saturated rings. The highest BCUT2D eigenvalue weighted by Gasteiger charge is 2.34. The molecule has 0 aliphatic heterocycles. The summed E-state index contributed by atoms with van der Waals surface area (Å²) in [6, 6.07) is 4.13. The van der Waals surface area contributed by atoms with E-state index in [2.05, 4.69) is 20.9 Å². The molecular weight excluding hydrogens is 462 g/mol. The number of aromatic nitrogens is 2. The number of nitrogens with one attached hydrogen (secondary N) is 3. The maximum Gasteiger partial charge on any atom is 0.251 e. The Morgan fingerprint density at radius 2 is 1.67 bits per heavy atom. The molecule has 1 heterocycles. The number of aldehydes is 1. The molecule has 196 valence electrons. The summed E-state index contributed by atoms with van der Waals surface area (Å²) in [4.78, 5) is 53.8. The molecule has 3 atom stereocenters. The number of imidazole rings is 1. The number of amides is 3. The molecule has 2 rings (SSSR count). The van der Waals surface area contributed by atoms with Crippen LogP contribution in [-0.2, 0) is 28.0 Å². The highest BCUT2D eigenvalue weighted by molar-refractivity contribution is 5.98. The predicted molar refractivity (Wildman–Crippen MR) is 135 cm³/mol. The van der Waals surface area contributed by atoms with Gasteiger partial charge in [0.25, 0.3) is 5.91 Å². The van der Waals surface area contributed by atoms with E-state index in [-0.39, 0.29) is 12.5 Å². The van der Waals surface area contributed by atoms with Crippen molar-refractivity contribution in [3.8, 4) is 5.75 Å². The van der Waals surface area contributed by atoms with Crippen LogP contribution in [0.2, 0.25) is 0 Å². The maximum atomic E-state index is 13.0. The van der Waals surface area contributed by atoms with Gasteiger partial charge >= 0.3 is 0 Å². The van der Waals surface area contributed by atoms with Gasteiger partial charge in [-0.3, -0.25) is 14.4 Å². The standard InChI is InChI=1S/C26H37N5O5/c1-16(2)20(14-32)29-23(33)17(3)28-25(35)22(26(4,5)6)30-24(34)18-8-10-19(11-9-18)36-15-21-27-12-13-31(21)7/h8-14,16-17,20,22H,15H2,1-7H3,(H,28,35)(H,29,33)(H,30,34)/t17-,20+,22+/m0/s1. The Hall–Kier alpha value is -3.69. The number of hydrogen-bond donors (Lipinski definition) is 3. The highest BCUT2D eigenvalue weighted by atomic mass is 16.5. The van der Waals surface area contributed by atoms with Crippen molar-refractivity contribution in [2.75, 3.05) is 0 Å². The molecule has 1 aromatic carbocycles. The molecule has 0 aliphatic rings. The van der Waals surface area contributed by atoms with Gasteiger partial charge < -0.3 is 30.0 Å². The van der Waals surface area contributed by atoms with Crippen molar-refractivity contribution in [2.24, 2.45) is 18.4 Å². The van der Waals surface area contributed by atoms with E-state index < -0.39 is 41.3 Å². The van der Waals surface area contributed by atoms with Crippen molar-refractivity contribution >= 4 is 24.0 Å². The molecule has 2 aromatic rings. The summed E-state index contributed by atoms with van der Waals surface area (Å²) < 4.78 is 7.57. The number of benzene rings is 1. The minimum atomic E-state index is -0.911. The molecule has 0 spiro atoms. The third kappa shape index (κ3) is 7.93. The number of nitrogens with zero attached hydrogens (tertiary/aromatic N) is 2. The van der Waals surface area contributed by atoms with Crippen LogP contribution in [0.3, 0.4) is 0 Å². The van der Waals surface area contributed by atoms with Gasteiger partial charge in [0, 0.05) is 25.0 Å². The van der Waals surface area contributed by atoms with Gasteiger partial charge in [0.05, 0.1) is 6.04 Å². The number of rotatable bonds is 11. The zero-order valence-corrected chi connectivity index (χ0v) is 22.0. The van der Waals surface area contributed by atoms with Crippen LogP contribution in [0.25, 0.3) is 0 Å². The summed E-state index contributed by atoms with van der Waals surface area (Å²) in [6.45, 7) is 10.9. The fraction of sp³-hybridized carbons (Fsp3) is 0.500. The predicted octanol–water partition coefficient (Wildman–Crippen LogP) is 1.99. The molecule has 3 amide bonds. The van der Waals surface area contributed by atoms with Gasteiger partial charge in [-0.25, -0.2) is 4.98 Å². The van der Waals surface area contributed by atoms with Gasteiger partial charge in [0.15, 0.2) is 0 Å². The lowest BCUT2D eigenvalue weighted by Gasteiger charge is -2.31. The first-order chi connectivity index (χ1) is 16.8. The average Bonchev–Trinajstić information content (AvgIpc) is 3.22. The largest absolute Gasteiger partial charge is 0.486 e. The Morgan fingerprint density at radius 1 is 1.03 bits per heavy atom. The normalized spacial score (nSPS) is 13.9. The molecule has 0 aliphatic carbocycles. The Bertz CT molecular complexity index is 1060. The van der Waals surface area contributed by atoms with E-state index in [1.807, 2.05) is 52.4 Å². The summed E-state index contributed by atoms with van der Waals surface area (Å²) in [5.74, 6) is -0.143. The second-order valence-electron chi connectivity index (χ2n) is 10.2. The molecular formula is C26H37N5O5. The number of carbonyl (C=O) groups excluding carboxylic acids is 4. The summed E-state index contributed by atoms with van der Waals surface area (Å²) in [7, 11) is 1.88. The zero-order valence-electron chi connectivity index (χ0n) is 22.0. The van der Waals surface area contributed by atoms with E-state index in [0.29, 0.717) is 17.6 Å². The molecule has 36 heavy (non-hydrogen) atoms. The van der Waals surface area contributed by atoms with Crippen LogP contribution in [0.5, 0.6) is 5.75 Å². The molecule has 1 aromatic heterocycles. The lowest BCUT2D eigenvalue weighted by Crippen LogP contribution is -2.58. The Morgan fingerprint density at radius 3 is 2.17 bits per heavy atom. The Balaban J connectivity index is 2.01. The Labute approximate surface area is 212 Å².